The average Bonchev–Trinajstić information content (AvgIpc) is 2.79. The van der Waals surface area contributed by atoms with Crippen molar-refractivity contribution < 1.29 is 33.5 Å². The minimum Gasteiger partial charge on any atom is -0.493 e. The monoisotopic (exact) mass is 443 g/mol. The van der Waals surface area contributed by atoms with Crippen LogP contribution in [0.2, 0.25) is 0 Å². The largest absolute Gasteiger partial charge is 0.493 e. The first kappa shape index (κ1) is 23.4. The van der Waals surface area contributed by atoms with Gasteiger partial charge in [-0.15, -0.1) is 0 Å². The molecule has 2 aromatic carbocycles. The normalized spacial score (nSPS) is 22.4. The Morgan fingerprint density at radius 1 is 1.09 bits per heavy atom. The molecule has 0 saturated heterocycles. The Kier molecular flexibility index (Phi) is 7.58. The number of carbonyl (C=O) groups excluding carboxylic acids is 1. The number of hydrogen-bond acceptors (Lipinski definition) is 7. The van der Waals surface area contributed by atoms with Crippen LogP contribution >= 0.6 is 0 Å². The van der Waals surface area contributed by atoms with Crippen molar-refractivity contribution in [1.82, 2.24) is 0 Å². The van der Waals surface area contributed by atoms with Crippen molar-refractivity contribution in [3.8, 4) is 11.5 Å². The summed E-state index contributed by atoms with van der Waals surface area (Å²) < 4.78 is 22.3. The molecule has 8 heteroatoms. The van der Waals surface area contributed by atoms with E-state index >= 15 is 0 Å². The second-order valence-electron chi connectivity index (χ2n) is 7.67. The van der Waals surface area contributed by atoms with Crippen LogP contribution in [0, 0.1) is 10.6 Å². The number of carbonyl (C=O) groups is 1. The Labute approximate surface area is 187 Å². The summed E-state index contributed by atoms with van der Waals surface area (Å²) in [5, 5.41) is 12.5. The number of esters is 1. The van der Waals surface area contributed by atoms with Crippen LogP contribution in [0.5, 0.6) is 11.5 Å². The van der Waals surface area contributed by atoms with Crippen LogP contribution in [0.25, 0.3) is 0 Å². The van der Waals surface area contributed by atoms with E-state index in [1.165, 1.54) is 13.1 Å². The minimum absolute atomic E-state index is 0.202. The van der Waals surface area contributed by atoms with Gasteiger partial charge in [0.2, 0.25) is 12.5 Å². The molecule has 3 atom stereocenters. The molecular weight excluding hydrogens is 414 g/mol. The summed E-state index contributed by atoms with van der Waals surface area (Å²) >= 11 is 0. The van der Waals surface area contributed by atoms with E-state index in [0.717, 1.165) is 11.1 Å². The van der Waals surface area contributed by atoms with E-state index in [2.05, 4.69) is 0 Å². The zero-order valence-electron chi connectivity index (χ0n) is 18.8. The van der Waals surface area contributed by atoms with Gasteiger partial charge in [-0.3, -0.25) is 10.0 Å². The fourth-order valence-corrected chi connectivity index (χ4v) is 3.90. The maximum absolute atomic E-state index is 12.5. The van der Waals surface area contributed by atoms with E-state index in [0.29, 0.717) is 29.2 Å². The third-order valence-corrected chi connectivity index (χ3v) is 5.57. The Bertz CT molecular complexity index is 947. The van der Waals surface area contributed by atoms with Gasteiger partial charge in [0.25, 0.3) is 0 Å². The number of rotatable bonds is 9. The highest BCUT2D eigenvalue weighted by molar-refractivity contribution is 5.69. The highest BCUT2D eigenvalue weighted by atomic mass is 16.9. The molecule has 0 aliphatic carbocycles. The fraction of sp³-hybridized carbons (Fsp3) is 0.417. The second-order valence-corrected chi connectivity index (χ2v) is 7.67. The number of ether oxygens (including phenoxy) is 4. The molecule has 3 rings (SSSR count). The third-order valence-electron chi connectivity index (χ3n) is 5.57. The predicted molar refractivity (Wildman–Crippen MR) is 117 cm³/mol. The first-order valence-corrected chi connectivity index (χ1v) is 10.4. The van der Waals surface area contributed by atoms with E-state index in [1.807, 2.05) is 49.4 Å². The molecule has 32 heavy (non-hydrogen) atoms. The number of nitrogens with zero attached hydrogens (tertiary/aromatic N) is 1. The SMILES string of the molecule is CC[C@]1(Cc2ccc(OC)c(OC)c2)C=[N+]([O-])O[C@H](OCc2ccccc2)[C@@H]1OC(C)=O. The van der Waals surface area contributed by atoms with Gasteiger partial charge in [-0.25, -0.2) is 0 Å². The molecule has 0 spiro atoms. The highest BCUT2D eigenvalue weighted by Crippen LogP contribution is 2.39. The molecule has 8 nitrogen and oxygen atoms in total. The maximum Gasteiger partial charge on any atom is 0.303 e. The average molecular weight is 443 g/mol. The highest BCUT2D eigenvalue weighted by Gasteiger charge is 2.50. The molecule has 1 aliphatic heterocycles. The van der Waals surface area contributed by atoms with E-state index in [4.69, 9.17) is 23.8 Å². The number of hydrogen-bond donors (Lipinski definition) is 0. The lowest BCUT2D eigenvalue weighted by atomic mass is 9.74. The summed E-state index contributed by atoms with van der Waals surface area (Å²) in [4.78, 5) is 17.8. The molecule has 172 valence electrons. The molecule has 0 bridgehead atoms. The molecule has 0 unspecified atom stereocenters. The van der Waals surface area contributed by atoms with Gasteiger partial charge in [-0.05, 0) is 36.1 Å². The summed E-state index contributed by atoms with van der Waals surface area (Å²) in [5.41, 5.74) is 0.939. The Balaban J connectivity index is 1.93. The standard InChI is InChI=1S/C24H29NO7/c1-5-24(14-19-11-12-20(28-3)21(13-19)29-4)16-25(27)32-23(22(24)31-17(2)26)30-15-18-9-7-6-8-10-18/h6-13,16,22-23H,5,14-15H2,1-4H3/t22-,23-,24-/m0/s1. The van der Waals surface area contributed by atoms with E-state index < -0.39 is 23.8 Å². The van der Waals surface area contributed by atoms with Crippen molar-refractivity contribution in [3.05, 3.63) is 64.9 Å². The quantitative estimate of drug-likeness (QED) is 0.432. The maximum atomic E-state index is 12.5. The second kappa shape index (κ2) is 10.4. The van der Waals surface area contributed by atoms with Crippen molar-refractivity contribution in [2.75, 3.05) is 14.2 Å². The summed E-state index contributed by atoms with van der Waals surface area (Å²) in [6, 6.07) is 15.0. The molecule has 0 N–H and O–H groups in total. The van der Waals surface area contributed by atoms with E-state index in [1.54, 1.807) is 20.3 Å². The van der Waals surface area contributed by atoms with Crippen molar-refractivity contribution >= 4 is 12.2 Å². The van der Waals surface area contributed by atoms with E-state index in [-0.39, 0.29) is 6.61 Å². The molecule has 1 heterocycles. The van der Waals surface area contributed by atoms with Crippen LogP contribution < -0.4 is 9.47 Å². The molecule has 0 aromatic heterocycles. The van der Waals surface area contributed by atoms with Gasteiger partial charge in [0.05, 0.1) is 26.2 Å². The Hall–Kier alpha value is -3.26. The zero-order chi connectivity index (χ0) is 23.1. The van der Waals surface area contributed by atoms with Gasteiger partial charge in [-0.2, -0.15) is 0 Å². The van der Waals surface area contributed by atoms with Crippen LogP contribution in [0.1, 0.15) is 31.4 Å². The lowest BCUT2D eigenvalue weighted by Gasteiger charge is -2.42. The van der Waals surface area contributed by atoms with Crippen molar-refractivity contribution in [1.29, 1.82) is 0 Å². The summed E-state index contributed by atoms with van der Waals surface area (Å²) in [6.45, 7) is 3.46. The molecule has 2 aromatic rings. The summed E-state index contributed by atoms with van der Waals surface area (Å²) in [6.07, 6.45) is 0.426. The number of benzene rings is 2. The lowest BCUT2D eigenvalue weighted by Crippen LogP contribution is -2.55. The molecular formula is C24H29NO7. The van der Waals surface area contributed by atoms with Crippen molar-refractivity contribution in [2.45, 2.75) is 45.7 Å². The Morgan fingerprint density at radius 3 is 2.44 bits per heavy atom. The van der Waals surface area contributed by atoms with Gasteiger partial charge < -0.3 is 23.8 Å². The van der Waals surface area contributed by atoms with Gasteiger partial charge in [0.1, 0.15) is 0 Å². The summed E-state index contributed by atoms with van der Waals surface area (Å²) in [5.74, 6) is 0.691. The molecule has 0 fully saturated rings. The summed E-state index contributed by atoms with van der Waals surface area (Å²) in [7, 11) is 3.13. The zero-order valence-corrected chi connectivity index (χ0v) is 18.8. The van der Waals surface area contributed by atoms with Crippen molar-refractivity contribution in [2.24, 2.45) is 5.41 Å². The molecule has 0 radical (unpaired) electrons. The van der Waals surface area contributed by atoms with Crippen LogP contribution in [0.4, 0.5) is 0 Å². The van der Waals surface area contributed by atoms with Crippen molar-refractivity contribution in [3.63, 3.8) is 0 Å². The third kappa shape index (κ3) is 5.31. The first-order chi connectivity index (χ1) is 15.4. The van der Waals surface area contributed by atoms with Crippen LogP contribution in [0.3, 0.4) is 0 Å². The van der Waals surface area contributed by atoms with Gasteiger partial charge in [0.15, 0.2) is 17.6 Å². The molecule has 1 aliphatic rings. The first-order valence-electron chi connectivity index (χ1n) is 10.4. The number of methoxy groups -OCH3 is 2. The molecule has 0 saturated carbocycles. The topological polar surface area (TPSA) is 89.3 Å². The van der Waals surface area contributed by atoms with E-state index in [9.17, 15) is 10.0 Å². The van der Waals surface area contributed by atoms with Gasteiger partial charge in [0, 0.05) is 11.8 Å². The smallest absolute Gasteiger partial charge is 0.303 e. The minimum atomic E-state index is -1.07. The van der Waals surface area contributed by atoms with Gasteiger partial charge >= 0.3 is 5.97 Å². The van der Waals surface area contributed by atoms with Crippen LogP contribution in [-0.2, 0) is 32.1 Å². The predicted octanol–water partition coefficient (Wildman–Crippen LogP) is 3.64. The Morgan fingerprint density at radius 2 is 1.81 bits per heavy atom. The molecule has 0 amide bonds. The van der Waals surface area contributed by atoms with Crippen LogP contribution in [-0.4, -0.2) is 43.7 Å². The fourth-order valence-electron chi connectivity index (χ4n) is 3.90. The van der Waals surface area contributed by atoms with Gasteiger partial charge in [-0.1, -0.05) is 43.3 Å². The lowest BCUT2D eigenvalue weighted by molar-refractivity contribution is -0.775. The van der Waals surface area contributed by atoms with Crippen LogP contribution in [0.15, 0.2) is 48.5 Å².